The average molecular weight is 466 g/mol. The molecule has 0 saturated carbocycles. The lowest BCUT2D eigenvalue weighted by Crippen LogP contribution is -2.27. The summed E-state index contributed by atoms with van der Waals surface area (Å²) in [7, 11) is 4.63. The van der Waals surface area contributed by atoms with Gasteiger partial charge in [-0.05, 0) is 46.4 Å². The molecule has 0 fully saturated rings. The maximum atomic E-state index is 13.6. The Morgan fingerprint density at radius 3 is 2.32 bits per heavy atom. The second kappa shape index (κ2) is 8.69. The fourth-order valence-corrected chi connectivity index (χ4v) is 4.58. The molecule has 34 heavy (non-hydrogen) atoms. The SMILES string of the molecule is COc1cc(OC)c(C2Nc3nonc3NC3=C2C(=O)CC(c2ccc(F)cc2)C3)cc1OC. The second-order valence-corrected chi connectivity index (χ2v) is 8.09. The summed E-state index contributed by atoms with van der Waals surface area (Å²) in [4.78, 5) is 13.6. The van der Waals surface area contributed by atoms with Crippen molar-refractivity contribution in [2.45, 2.75) is 24.8 Å². The van der Waals surface area contributed by atoms with E-state index in [0.29, 0.717) is 52.1 Å². The molecular formula is C24H23FN4O5. The molecule has 176 valence electrons. The molecule has 2 N–H and O–H groups in total. The van der Waals surface area contributed by atoms with Crippen molar-refractivity contribution in [3.8, 4) is 17.2 Å². The number of nitrogens with one attached hydrogen (secondary N) is 2. The molecule has 1 aliphatic heterocycles. The van der Waals surface area contributed by atoms with Crippen molar-refractivity contribution in [2.75, 3.05) is 32.0 Å². The molecule has 0 amide bonds. The quantitative estimate of drug-likeness (QED) is 0.572. The fourth-order valence-electron chi connectivity index (χ4n) is 4.58. The molecule has 1 aliphatic carbocycles. The third-order valence-electron chi connectivity index (χ3n) is 6.22. The Balaban J connectivity index is 1.64. The van der Waals surface area contributed by atoms with E-state index in [9.17, 15) is 9.18 Å². The number of benzene rings is 2. The number of hydrogen-bond donors (Lipinski definition) is 2. The largest absolute Gasteiger partial charge is 0.496 e. The number of halogens is 1. The van der Waals surface area contributed by atoms with Gasteiger partial charge in [0.15, 0.2) is 17.3 Å². The van der Waals surface area contributed by atoms with Crippen LogP contribution in [0.4, 0.5) is 16.0 Å². The van der Waals surface area contributed by atoms with Gasteiger partial charge in [-0.25, -0.2) is 9.02 Å². The molecule has 0 radical (unpaired) electrons. The van der Waals surface area contributed by atoms with E-state index in [1.54, 1.807) is 45.6 Å². The maximum Gasteiger partial charge on any atom is 0.219 e. The minimum absolute atomic E-state index is 0.0560. The Hall–Kier alpha value is -4.08. The molecule has 0 bridgehead atoms. The first-order chi connectivity index (χ1) is 16.5. The number of nitrogens with zero attached hydrogens (tertiary/aromatic N) is 2. The van der Waals surface area contributed by atoms with E-state index in [-0.39, 0.29) is 23.9 Å². The van der Waals surface area contributed by atoms with Crippen LogP contribution in [0.2, 0.25) is 0 Å². The molecule has 0 spiro atoms. The summed E-state index contributed by atoms with van der Waals surface area (Å²) < 4.78 is 34.9. The molecule has 2 heterocycles. The predicted octanol–water partition coefficient (Wildman–Crippen LogP) is 4.21. The first-order valence-electron chi connectivity index (χ1n) is 10.7. The molecule has 2 atom stereocenters. The highest BCUT2D eigenvalue weighted by Crippen LogP contribution is 2.47. The third-order valence-corrected chi connectivity index (χ3v) is 6.22. The summed E-state index contributed by atoms with van der Waals surface area (Å²) in [5, 5.41) is 14.4. The lowest BCUT2D eigenvalue weighted by Gasteiger charge is -2.30. The van der Waals surface area contributed by atoms with Crippen LogP contribution < -0.4 is 24.8 Å². The molecule has 5 rings (SSSR count). The van der Waals surface area contributed by atoms with Crippen molar-refractivity contribution in [1.82, 2.24) is 10.3 Å². The summed E-state index contributed by atoms with van der Waals surface area (Å²) in [5.74, 6) is 1.75. The van der Waals surface area contributed by atoms with Crippen LogP contribution in [0, 0.1) is 5.82 Å². The highest BCUT2D eigenvalue weighted by molar-refractivity contribution is 6.01. The number of allylic oxidation sites excluding steroid dienone is 1. The first kappa shape index (κ1) is 21.7. The van der Waals surface area contributed by atoms with Crippen molar-refractivity contribution in [3.63, 3.8) is 0 Å². The van der Waals surface area contributed by atoms with Crippen LogP contribution in [0.25, 0.3) is 0 Å². The average Bonchev–Trinajstić information content (AvgIpc) is 3.22. The Labute approximate surface area is 194 Å². The van der Waals surface area contributed by atoms with E-state index in [1.165, 1.54) is 12.1 Å². The predicted molar refractivity (Wildman–Crippen MR) is 121 cm³/mol. The van der Waals surface area contributed by atoms with Crippen LogP contribution >= 0.6 is 0 Å². The number of carbonyl (C=O) groups is 1. The van der Waals surface area contributed by atoms with Gasteiger partial charge in [-0.15, -0.1) is 0 Å². The number of ketones is 1. The summed E-state index contributed by atoms with van der Waals surface area (Å²) in [6.07, 6.45) is 0.794. The molecule has 1 aromatic heterocycles. The zero-order valence-electron chi connectivity index (χ0n) is 18.8. The molecule has 2 unspecified atom stereocenters. The van der Waals surface area contributed by atoms with Gasteiger partial charge in [-0.3, -0.25) is 4.79 Å². The van der Waals surface area contributed by atoms with Crippen LogP contribution in [0.3, 0.4) is 0 Å². The van der Waals surface area contributed by atoms with E-state index in [2.05, 4.69) is 20.9 Å². The highest BCUT2D eigenvalue weighted by atomic mass is 19.1. The number of rotatable bonds is 5. The van der Waals surface area contributed by atoms with E-state index < -0.39 is 6.04 Å². The van der Waals surface area contributed by atoms with Gasteiger partial charge in [0.05, 0.1) is 27.4 Å². The molecule has 9 nitrogen and oxygen atoms in total. The number of aromatic nitrogens is 2. The number of carbonyl (C=O) groups excluding carboxylic acids is 1. The van der Waals surface area contributed by atoms with Gasteiger partial charge in [0.1, 0.15) is 11.6 Å². The standard InChI is InChI=1S/C24H23FN4O5/c1-31-18-11-20(33-3)19(32-2)10-15(18)22-21-16(26-23-24(27-22)29-34-28-23)8-13(9-17(21)30)12-4-6-14(25)7-5-12/h4-7,10-11,13,22H,8-9H2,1-3H3,(H,26,28)(H,27,29). The molecular weight excluding hydrogens is 443 g/mol. The van der Waals surface area contributed by atoms with Crippen molar-refractivity contribution < 1.29 is 28.0 Å². The van der Waals surface area contributed by atoms with Crippen LogP contribution in [-0.2, 0) is 4.79 Å². The summed E-state index contributed by atoms with van der Waals surface area (Å²) in [6.45, 7) is 0. The van der Waals surface area contributed by atoms with Gasteiger partial charge in [0.25, 0.3) is 0 Å². The van der Waals surface area contributed by atoms with Gasteiger partial charge >= 0.3 is 0 Å². The van der Waals surface area contributed by atoms with Gasteiger partial charge in [-0.2, -0.15) is 0 Å². The topological polar surface area (TPSA) is 108 Å². The highest BCUT2D eigenvalue weighted by Gasteiger charge is 2.38. The fraction of sp³-hybridized carbons (Fsp3) is 0.292. The summed E-state index contributed by atoms with van der Waals surface area (Å²) >= 11 is 0. The Bertz CT molecular complexity index is 1270. The lowest BCUT2D eigenvalue weighted by atomic mass is 9.78. The maximum absolute atomic E-state index is 13.6. The van der Waals surface area contributed by atoms with Crippen molar-refractivity contribution in [1.29, 1.82) is 0 Å². The Kier molecular flexibility index (Phi) is 5.56. The molecule has 3 aromatic rings. The van der Waals surface area contributed by atoms with Gasteiger partial charge in [0.2, 0.25) is 11.6 Å². The minimum Gasteiger partial charge on any atom is -0.496 e. The molecule has 0 saturated heterocycles. The number of anilines is 2. The van der Waals surface area contributed by atoms with E-state index in [1.807, 2.05) is 0 Å². The Morgan fingerprint density at radius 2 is 1.62 bits per heavy atom. The van der Waals surface area contributed by atoms with Crippen molar-refractivity contribution in [2.24, 2.45) is 0 Å². The lowest BCUT2D eigenvalue weighted by molar-refractivity contribution is -0.116. The monoisotopic (exact) mass is 466 g/mol. The number of Topliss-reactive ketones (excluding diaryl/α,β-unsaturated/α-hetero) is 1. The Morgan fingerprint density at radius 1 is 0.941 bits per heavy atom. The first-order valence-corrected chi connectivity index (χ1v) is 10.7. The van der Waals surface area contributed by atoms with Gasteiger partial charge < -0.3 is 24.8 Å². The van der Waals surface area contributed by atoms with Crippen LogP contribution in [0.1, 0.15) is 35.9 Å². The molecule has 2 aliphatic rings. The van der Waals surface area contributed by atoms with Gasteiger partial charge in [0, 0.05) is 29.3 Å². The zero-order chi connectivity index (χ0) is 23.8. The van der Waals surface area contributed by atoms with Crippen LogP contribution in [0.15, 0.2) is 52.3 Å². The van der Waals surface area contributed by atoms with Gasteiger partial charge in [-0.1, -0.05) is 12.1 Å². The summed E-state index contributed by atoms with van der Waals surface area (Å²) in [6, 6.07) is 9.11. The van der Waals surface area contributed by atoms with E-state index >= 15 is 0 Å². The summed E-state index contributed by atoms with van der Waals surface area (Å²) in [5.41, 5.74) is 2.79. The molecule has 2 aromatic carbocycles. The number of hydrogen-bond acceptors (Lipinski definition) is 9. The number of fused-ring (bicyclic) bond motifs is 1. The van der Waals surface area contributed by atoms with Crippen LogP contribution in [-0.4, -0.2) is 37.4 Å². The zero-order valence-corrected chi connectivity index (χ0v) is 18.8. The smallest absolute Gasteiger partial charge is 0.219 e. The normalized spacial score (nSPS) is 19.4. The van der Waals surface area contributed by atoms with E-state index in [4.69, 9.17) is 18.8 Å². The van der Waals surface area contributed by atoms with Crippen molar-refractivity contribution in [3.05, 3.63) is 64.6 Å². The second-order valence-electron chi connectivity index (χ2n) is 8.09. The van der Waals surface area contributed by atoms with Crippen LogP contribution in [0.5, 0.6) is 17.2 Å². The third kappa shape index (κ3) is 3.70. The number of ether oxygens (including phenoxy) is 3. The minimum atomic E-state index is -0.618. The van der Waals surface area contributed by atoms with Crippen molar-refractivity contribution >= 4 is 17.4 Å². The van der Waals surface area contributed by atoms with E-state index in [0.717, 1.165) is 5.56 Å². The molecule has 10 heteroatoms. The number of methoxy groups -OCH3 is 3.